The first-order valence-corrected chi connectivity index (χ1v) is 7.05. The molecule has 2 aromatic rings. The molecule has 0 aliphatic carbocycles. The van der Waals surface area contributed by atoms with Crippen molar-refractivity contribution in [2.75, 3.05) is 6.26 Å². The second-order valence-electron chi connectivity index (χ2n) is 3.85. The van der Waals surface area contributed by atoms with Crippen LogP contribution in [0.3, 0.4) is 0 Å². The third-order valence-electron chi connectivity index (χ3n) is 2.37. The van der Waals surface area contributed by atoms with Crippen molar-refractivity contribution in [2.45, 2.75) is 11.4 Å². The number of halogens is 3. The van der Waals surface area contributed by atoms with Gasteiger partial charge in [-0.3, -0.25) is 0 Å². The Morgan fingerprint density at radius 2 is 1.95 bits per heavy atom. The number of hydrogen-bond donors (Lipinski definition) is 1. The van der Waals surface area contributed by atoms with Crippen molar-refractivity contribution >= 4 is 9.84 Å². The van der Waals surface area contributed by atoms with E-state index in [2.05, 4.69) is 14.7 Å². The minimum Gasteiger partial charge on any atom is -0.338 e. The smallest absolute Gasteiger partial charge is 0.240 e. The predicted molar refractivity (Wildman–Crippen MR) is 60.6 cm³/mol. The molecule has 2 rings (SSSR count). The normalized spacial score (nSPS) is 11.8. The van der Waals surface area contributed by atoms with Crippen LogP contribution in [0.25, 0.3) is 11.4 Å². The first-order valence-electron chi connectivity index (χ1n) is 5.16. The van der Waals surface area contributed by atoms with Gasteiger partial charge in [-0.2, -0.15) is 4.98 Å². The minimum atomic E-state index is -4.26. The van der Waals surface area contributed by atoms with Gasteiger partial charge in [0.05, 0.1) is 12.1 Å². The summed E-state index contributed by atoms with van der Waals surface area (Å²) in [4.78, 5) is 2.26. The maximum absolute atomic E-state index is 13.8. The van der Waals surface area contributed by atoms with E-state index < -0.39 is 43.6 Å². The molecule has 6 nitrogen and oxygen atoms in total. The number of benzene rings is 1. The third kappa shape index (κ3) is 2.39. The average molecular weight is 307 g/mol. The molecular weight excluding hydrogens is 299 g/mol. The fraction of sp³-hybridized carbons (Fsp3) is 0.200. The molecule has 0 aliphatic rings. The highest BCUT2D eigenvalue weighted by Crippen LogP contribution is 2.29. The number of rotatable bonds is 3. The van der Waals surface area contributed by atoms with Gasteiger partial charge < -0.3 is 10.3 Å². The summed E-state index contributed by atoms with van der Waals surface area (Å²) in [5, 5.41) is 3.30. The summed E-state index contributed by atoms with van der Waals surface area (Å²) >= 11 is 0. The fourth-order valence-corrected chi connectivity index (χ4v) is 2.36. The highest BCUT2D eigenvalue weighted by Gasteiger charge is 2.27. The second kappa shape index (κ2) is 4.87. The Morgan fingerprint density at radius 1 is 1.30 bits per heavy atom. The quantitative estimate of drug-likeness (QED) is 0.850. The van der Waals surface area contributed by atoms with Crippen molar-refractivity contribution < 1.29 is 26.1 Å². The van der Waals surface area contributed by atoms with Crippen LogP contribution in [0.4, 0.5) is 13.2 Å². The molecule has 0 aliphatic heterocycles. The van der Waals surface area contributed by atoms with Gasteiger partial charge in [-0.15, -0.1) is 0 Å². The third-order valence-corrected chi connectivity index (χ3v) is 3.49. The number of nitrogens with zero attached hydrogens (tertiary/aromatic N) is 2. The maximum atomic E-state index is 13.8. The van der Waals surface area contributed by atoms with E-state index in [1.54, 1.807) is 0 Å². The molecule has 20 heavy (non-hydrogen) atoms. The van der Waals surface area contributed by atoms with Crippen molar-refractivity contribution in [1.82, 2.24) is 10.1 Å². The van der Waals surface area contributed by atoms with Crippen LogP contribution in [-0.2, 0) is 16.4 Å². The van der Waals surface area contributed by atoms with E-state index in [1.807, 2.05) is 0 Å². The molecule has 0 radical (unpaired) electrons. The van der Waals surface area contributed by atoms with E-state index >= 15 is 0 Å². The van der Waals surface area contributed by atoms with E-state index in [9.17, 15) is 21.6 Å². The summed E-state index contributed by atoms with van der Waals surface area (Å²) in [5.41, 5.74) is 4.55. The van der Waals surface area contributed by atoms with E-state index in [1.165, 1.54) is 0 Å². The van der Waals surface area contributed by atoms with Gasteiger partial charge in [0.2, 0.25) is 11.7 Å². The molecule has 0 bridgehead atoms. The number of aromatic nitrogens is 2. The van der Waals surface area contributed by atoms with Gasteiger partial charge in [0.15, 0.2) is 21.5 Å². The van der Waals surface area contributed by atoms with Gasteiger partial charge in [-0.25, -0.2) is 21.6 Å². The van der Waals surface area contributed by atoms with Crippen molar-refractivity contribution in [3.63, 3.8) is 0 Å². The topological polar surface area (TPSA) is 99.1 Å². The summed E-state index contributed by atoms with van der Waals surface area (Å²) in [6.45, 7) is -0.138. The molecule has 2 N–H and O–H groups in total. The Hall–Kier alpha value is -1.94. The lowest BCUT2D eigenvalue weighted by molar-refractivity contribution is 0.380. The number of sulfone groups is 1. The Bertz CT molecular complexity index is 774. The Balaban J connectivity index is 2.69. The van der Waals surface area contributed by atoms with Crippen LogP contribution in [0, 0.1) is 17.5 Å². The van der Waals surface area contributed by atoms with Crippen LogP contribution in [-0.4, -0.2) is 24.8 Å². The lowest BCUT2D eigenvalue weighted by Gasteiger charge is -2.06. The first kappa shape index (κ1) is 14.5. The summed E-state index contributed by atoms with van der Waals surface area (Å²) in [7, 11) is -4.26. The molecule has 0 atom stereocenters. The number of nitrogens with two attached hydrogens (primary N) is 1. The van der Waals surface area contributed by atoms with E-state index in [0.29, 0.717) is 12.3 Å². The van der Waals surface area contributed by atoms with Crippen LogP contribution < -0.4 is 5.73 Å². The molecule has 1 heterocycles. The van der Waals surface area contributed by atoms with Crippen molar-refractivity contribution in [2.24, 2.45) is 5.73 Å². The van der Waals surface area contributed by atoms with Gasteiger partial charge in [0.25, 0.3) is 0 Å². The first-order chi connectivity index (χ1) is 9.25. The van der Waals surface area contributed by atoms with Crippen molar-refractivity contribution in [3.05, 3.63) is 29.4 Å². The Labute approximate surface area is 111 Å². The van der Waals surface area contributed by atoms with Gasteiger partial charge >= 0.3 is 0 Å². The highest BCUT2D eigenvalue weighted by molar-refractivity contribution is 7.90. The van der Waals surface area contributed by atoms with Crippen LogP contribution in [0.1, 0.15) is 5.89 Å². The number of hydrogen-bond acceptors (Lipinski definition) is 6. The summed E-state index contributed by atoms with van der Waals surface area (Å²) in [5.74, 6) is -5.36. The molecule has 0 amide bonds. The van der Waals surface area contributed by atoms with E-state index in [0.717, 1.165) is 0 Å². The maximum Gasteiger partial charge on any atom is 0.240 e. The molecule has 0 spiro atoms. The van der Waals surface area contributed by atoms with Crippen LogP contribution in [0.15, 0.2) is 15.5 Å². The van der Waals surface area contributed by atoms with E-state index in [4.69, 9.17) is 5.73 Å². The average Bonchev–Trinajstić information content (AvgIpc) is 2.80. The highest BCUT2D eigenvalue weighted by atomic mass is 32.2. The zero-order chi connectivity index (χ0) is 15.1. The monoisotopic (exact) mass is 307 g/mol. The summed E-state index contributed by atoms with van der Waals surface area (Å²) in [6, 6.07) is 0.486. The summed E-state index contributed by atoms with van der Waals surface area (Å²) < 4.78 is 68.2. The lowest BCUT2D eigenvalue weighted by atomic mass is 10.2. The Morgan fingerprint density at radius 3 is 2.45 bits per heavy atom. The van der Waals surface area contributed by atoms with Crippen LogP contribution >= 0.6 is 0 Å². The van der Waals surface area contributed by atoms with Gasteiger partial charge in [-0.1, -0.05) is 5.16 Å². The molecular formula is C10H8F3N3O3S. The van der Waals surface area contributed by atoms with Crippen LogP contribution in [0.2, 0.25) is 0 Å². The SMILES string of the molecule is CS(=O)(=O)c1c(F)cc(-c2noc(CN)n2)c(F)c1F. The molecule has 0 saturated heterocycles. The molecule has 0 saturated carbocycles. The zero-order valence-electron chi connectivity index (χ0n) is 10.0. The predicted octanol–water partition coefficient (Wildman–Crippen LogP) is 1.02. The molecule has 1 aromatic carbocycles. The van der Waals surface area contributed by atoms with Crippen molar-refractivity contribution in [3.8, 4) is 11.4 Å². The molecule has 108 valence electrons. The molecule has 10 heteroatoms. The molecule has 1 aromatic heterocycles. The largest absolute Gasteiger partial charge is 0.338 e. The van der Waals surface area contributed by atoms with Gasteiger partial charge in [-0.05, 0) is 6.07 Å². The van der Waals surface area contributed by atoms with Crippen molar-refractivity contribution in [1.29, 1.82) is 0 Å². The zero-order valence-corrected chi connectivity index (χ0v) is 10.8. The lowest BCUT2D eigenvalue weighted by Crippen LogP contribution is -2.08. The fourth-order valence-electron chi connectivity index (χ4n) is 1.53. The Kier molecular flexibility index (Phi) is 3.52. The second-order valence-corrected chi connectivity index (χ2v) is 5.80. The summed E-state index contributed by atoms with van der Waals surface area (Å²) in [6.07, 6.45) is 0.564. The minimum absolute atomic E-state index is 0.0626. The van der Waals surface area contributed by atoms with Crippen LogP contribution in [0.5, 0.6) is 0 Å². The van der Waals surface area contributed by atoms with Gasteiger partial charge in [0.1, 0.15) is 10.7 Å². The molecule has 0 unspecified atom stereocenters. The van der Waals surface area contributed by atoms with E-state index in [-0.39, 0.29) is 12.4 Å². The van der Waals surface area contributed by atoms with Gasteiger partial charge in [0, 0.05) is 6.26 Å². The standard InChI is InChI=1S/C10H8F3N3O3S/c1-20(17,18)9-5(11)2-4(7(12)8(9)13)10-15-6(3-14)19-16-10/h2H,3,14H2,1H3. The molecule has 0 fully saturated rings.